The van der Waals surface area contributed by atoms with Crippen molar-refractivity contribution in [1.29, 1.82) is 0 Å². The normalized spacial score (nSPS) is 29.6. The molecule has 3 aliphatic heterocycles. The highest BCUT2D eigenvalue weighted by Crippen LogP contribution is 2.53. The van der Waals surface area contributed by atoms with Gasteiger partial charge in [0.1, 0.15) is 11.5 Å². The second-order valence-electron chi connectivity index (χ2n) is 8.20. The summed E-state index contributed by atoms with van der Waals surface area (Å²) in [6, 6.07) is 14.0. The summed E-state index contributed by atoms with van der Waals surface area (Å²) in [6.07, 6.45) is 6.48. The third-order valence-corrected chi connectivity index (χ3v) is 6.42. The van der Waals surface area contributed by atoms with Crippen LogP contribution in [-0.2, 0) is 19.1 Å². The fourth-order valence-corrected chi connectivity index (χ4v) is 5.04. The number of carbonyl (C=O) groups excluding carboxylic acids is 2. The summed E-state index contributed by atoms with van der Waals surface area (Å²) >= 11 is 0. The molecule has 2 aromatic carbocycles. The number of esters is 1. The molecule has 150 valence electrons. The third-order valence-electron chi connectivity index (χ3n) is 6.42. The molecule has 1 spiro atoms. The Balaban J connectivity index is 1.44. The SMILES string of the molecule is CCCCCOC(=O)[C@@H]1[C@H]2C(=O)N(c3cccc4ccccc34)C[C@]23C=C[C@H]1O3. The molecule has 4 atom stereocenters. The number of anilines is 1. The van der Waals surface area contributed by atoms with E-state index in [1.54, 1.807) is 4.90 Å². The molecule has 0 saturated carbocycles. The summed E-state index contributed by atoms with van der Waals surface area (Å²) in [5, 5.41) is 2.11. The van der Waals surface area contributed by atoms with Crippen LogP contribution in [0.25, 0.3) is 10.8 Å². The molecule has 2 bridgehead atoms. The maximum Gasteiger partial charge on any atom is 0.312 e. The largest absolute Gasteiger partial charge is 0.465 e. The van der Waals surface area contributed by atoms with Crippen LogP contribution in [0.3, 0.4) is 0 Å². The van der Waals surface area contributed by atoms with Gasteiger partial charge in [-0.1, -0.05) is 68.3 Å². The number of ether oxygens (including phenoxy) is 2. The van der Waals surface area contributed by atoms with Gasteiger partial charge in [0.05, 0.1) is 30.9 Å². The van der Waals surface area contributed by atoms with Crippen molar-refractivity contribution < 1.29 is 19.1 Å². The van der Waals surface area contributed by atoms with Crippen molar-refractivity contribution in [3.8, 4) is 0 Å². The molecule has 2 aromatic rings. The van der Waals surface area contributed by atoms with E-state index < -0.39 is 17.4 Å². The summed E-state index contributed by atoms with van der Waals surface area (Å²) in [7, 11) is 0. The lowest BCUT2D eigenvalue weighted by molar-refractivity contribution is -0.152. The number of amides is 1. The first-order valence-electron chi connectivity index (χ1n) is 10.5. The lowest BCUT2D eigenvalue weighted by Gasteiger charge is -2.23. The Labute approximate surface area is 170 Å². The van der Waals surface area contributed by atoms with E-state index in [0.717, 1.165) is 35.7 Å². The minimum atomic E-state index is -0.730. The van der Waals surface area contributed by atoms with Gasteiger partial charge in [0.25, 0.3) is 0 Å². The van der Waals surface area contributed by atoms with E-state index in [2.05, 4.69) is 6.92 Å². The zero-order valence-corrected chi connectivity index (χ0v) is 16.5. The molecular formula is C24H25NO4. The molecule has 2 saturated heterocycles. The van der Waals surface area contributed by atoms with Crippen LogP contribution in [0.1, 0.15) is 26.2 Å². The van der Waals surface area contributed by atoms with Crippen molar-refractivity contribution in [3.63, 3.8) is 0 Å². The van der Waals surface area contributed by atoms with Gasteiger partial charge in [0.2, 0.25) is 5.91 Å². The van der Waals surface area contributed by atoms with Crippen molar-refractivity contribution >= 4 is 28.3 Å². The highest BCUT2D eigenvalue weighted by Gasteiger charge is 2.67. The summed E-state index contributed by atoms with van der Waals surface area (Å²) in [6.45, 7) is 2.94. The first kappa shape index (κ1) is 18.4. The second-order valence-corrected chi connectivity index (χ2v) is 8.20. The molecule has 0 aliphatic carbocycles. The van der Waals surface area contributed by atoms with Crippen molar-refractivity contribution in [3.05, 3.63) is 54.6 Å². The van der Waals surface area contributed by atoms with Crippen LogP contribution in [0.15, 0.2) is 54.6 Å². The number of hydrogen-bond donors (Lipinski definition) is 0. The molecule has 5 heteroatoms. The first-order valence-corrected chi connectivity index (χ1v) is 10.5. The van der Waals surface area contributed by atoms with Crippen LogP contribution in [0.2, 0.25) is 0 Å². The van der Waals surface area contributed by atoms with Crippen LogP contribution in [0.4, 0.5) is 5.69 Å². The quantitative estimate of drug-likeness (QED) is 0.426. The molecule has 0 radical (unpaired) electrons. The number of hydrogen-bond acceptors (Lipinski definition) is 4. The average Bonchev–Trinajstić information content (AvgIpc) is 3.39. The number of unbranched alkanes of at least 4 members (excludes halogenated alkanes) is 2. The lowest BCUT2D eigenvalue weighted by Crippen LogP contribution is -2.40. The van der Waals surface area contributed by atoms with E-state index in [4.69, 9.17) is 9.47 Å². The van der Waals surface area contributed by atoms with Gasteiger partial charge in [0, 0.05) is 5.39 Å². The standard InChI is InChI=1S/C24H25NO4/c1-2-3-6-14-28-23(27)20-19-12-13-24(29-19)15-25(22(26)21(20)24)18-11-7-9-16-8-4-5-10-17(16)18/h4-5,7-13,19-21H,2-3,6,14-15H2,1H3/t19-,20+,21+,24-/m1/s1. The van der Waals surface area contributed by atoms with Crippen molar-refractivity contribution in [2.45, 2.75) is 37.9 Å². The van der Waals surface area contributed by atoms with E-state index in [1.165, 1.54) is 0 Å². The Hall–Kier alpha value is -2.66. The van der Waals surface area contributed by atoms with E-state index in [0.29, 0.717) is 13.2 Å². The van der Waals surface area contributed by atoms with Gasteiger partial charge in [-0.15, -0.1) is 0 Å². The highest BCUT2D eigenvalue weighted by molar-refractivity contribution is 6.08. The Kier molecular flexibility index (Phi) is 4.43. The molecular weight excluding hydrogens is 366 g/mol. The third kappa shape index (κ3) is 2.79. The van der Waals surface area contributed by atoms with Crippen LogP contribution < -0.4 is 4.90 Å². The van der Waals surface area contributed by atoms with Gasteiger partial charge in [-0.3, -0.25) is 9.59 Å². The summed E-state index contributed by atoms with van der Waals surface area (Å²) in [5.41, 5.74) is 0.138. The summed E-state index contributed by atoms with van der Waals surface area (Å²) in [5.74, 6) is -1.44. The molecule has 0 aromatic heterocycles. The van der Waals surface area contributed by atoms with Crippen molar-refractivity contribution in [2.24, 2.45) is 11.8 Å². The van der Waals surface area contributed by atoms with Crippen LogP contribution in [-0.4, -0.2) is 36.7 Å². The van der Waals surface area contributed by atoms with E-state index in [9.17, 15) is 9.59 Å². The second kappa shape index (κ2) is 6.99. The zero-order valence-electron chi connectivity index (χ0n) is 16.5. The Bertz CT molecular complexity index is 994. The van der Waals surface area contributed by atoms with E-state index in [1.807, 2.05) is 54.6 Å². The maximum absolute atomic E-state index is 13.5. The molecule has 1 amide bonds. The minimum absolute atomic E-state index is 0.0521. The maximum atomic E-state index is 13.5. The Morgan fingerprint density at radius 3 is 2.90 bits per heavy atom. The fourth-order valence-electron chi connectivity index (χ4n) is 5.04. The smallest absolute Gasteiger partial charge is 0.312 e. The highest BCUT2D eigenvalue weighted by atomic mass is 16.6. The van der Waals surface area contributed by atoms with Crippen molar-refractivity contribution in [1.82, 2.24) is 0 Å². The number of nitrogens with zero attached hydrogens (tertiary/aromatic N) is 1. The summed E-state index contributed by atoms with van der Waals surface area (Å²) in [4.78, 5) is 28.1. The molecule has 29 heavy (non-hydrogen) atoms. The number of rotatable bonds is 6. The van der Waals surface area contributed by atoms with Gasteiger partial charge in [-0.25, -0.2) is 0 Å². The van der Waals surface area contributed by atoms with Gasteiger partial charge in [0.15, 0.2) is 0 Å². The number of fused-ring (bicyclic) bond motifs is 2. The van der Waals surface area contributed by atoms with Crippen molar-refractivity contribution in [2.75, 3.05) is 18.1 Å². The Morgan fingerprint density at radius 1 is 1.21 bits per heavy atom. The zero-order chi connectivity index (χ0) is 20.0. The van der Waals surface area contributed by atoms with Gasteiger partial charge in [-0.05, 0) is 17.9 Å². The number of carbonyl (C=O) groups is 2. The van der Waals surface area contributed by atoms with E-state index >= 15 is 0 Å². The van der Waals surface area contributed by atoms with Gasteiger partial charge in [-0.2, -0.15) is 0 Å². The predicted molar refractivity (Wildman–Crippen MR) is 111 cm³/mol. The molecule has 3 aliphatic rings. The molecule has 5 nitrogen and oxygen atoms in total. The van der Waals surface area contributed by atoms with Crippen LogP contribution in [0, 0.1) is 11.8 Å². The minimum Gasteiger partial charge on any atom is -0.465 e. The molecule has 0 unspecified atom stereocenters. The fraction of sp³-hybridized carbons (Fsp3) is 0.417. The topological polar surface area (TPSA) is 55.8 Å². The average molecular weight is 391 g/mol. The molecule has 0 N–H and O–H groups in total. The van der Waals surface area contributed by atoms with E-state index in [-0.39, 0.29) is 18.0 Å². The predicted octanol–water partition coefficient (Wildman–Crippen LogP) is 3.86. The molecule has 2 fully saturated rings. The van der Waals surface area contributed by atoms with Gasteiger partial charge < -0.3 is 14.4 Å². The molecule has 3 heterocycles. The number of benzene rings is 2. The lowest BCUT2D eigenvalue weighted by atomic mass is 9.77. The molecule has 5 rings (SSSR count). The monoisotopic (exact) mass is 391 g/mol. The van der Waals surface area contributed by atoms with Crippen LogP contribution >= 0.6 is 0 Å². The Morgan fingerprint density at radius 2 is 2.03 bits per heavy atom. The van der Waals surface area contributed by atoms with Gasteiger partial charge >= 0.3 is 5.97 Å². The first-order chi connectivity index (χ1) is 14.1. The summed E-state index contributed by atoms with van der Waals surface area (Å²) < 4.78 is 11.7. The van der Waals surface area contributed by atoms with Crippen LogP contribution in [0.5, 0.6) is 0 Å².